The van der Waals surface area contributed by atoms with Gasteiger partial charge < -0.3 is 15.0 Å². The minimum absolute atomic E-state index is 0. The first-order chi connectivity index (χ1) is 10.2. The van der Waals surface area contributed by atoms with Crippen LogP contribution in [0.4, 0.5) is 0 Å². The summed E-state index contributed by atoms with van der Waals surface area (Å²) in [4.78, 5) is 19.0. The molecule has 1 aromatic heterocycles. The number of pyridine rings is 1. The largest absolute Gasteiger partial charge is 0.497 e. The van der Waals surface area contributed by atoms with E-state index in [9.17, 15) is 4.79 Å². The molecule has 126 valence electrons. The number of ether oxygens (including phenoxy) is 1. The minimum Gasteiger partial charge on any atom is -0.497 e. The molecule has 1 aromatic carbocycles. The van der Waals surface area contributed by atoms with Crippen LogP contribution in [0.2, 0.25) is 0 Å². The van der Waals surface area contributed by atoms with Crippen molar-refractivity contribution in [3.05, 3.63) is 36.0 Å². The Labute approximate surface area is 148 Å². The van der Waals surface area contributed by atoms with Crippen molar-refractivity contribution < 1.29 is 9.53 Å². The first kappa shape index (κ1) is 19.5. The van der Waals surface area contributed by atoms with Gasteiger partial charge in [-0.25, -0.2) is 4.98 Å². The summed E-state index contributed by atoms with van der Waals surface area (Å²) in [6.07, 6.45) is 0. The van der Waals surface area contributed by atoms with E-state index in [1.807, 2.05) is 29.2 Å². The molecule has 0 bridgehead atoms. The van der Waals surface area contributed by atoms with Crippen LogP contribution in [0.5, 0.6) is 5.75 Å². The maximum Gasteiger partial charge on any atom is 0.272 e. The van der Waals surface area contributed by atoms with E-state index in [1.54, 1.807) is 13.2 Å². The second-order valence-corrected chi connectivity index (χ2v) is 5.31. The number of halogens is 2. The number of methoxy groups -OCH3 is 1. The molecule has 0 unspecified atom stereocenters. The molecule has 1 N–H and O–H groups in total. The van der Waals surface area contributed by atoms with Crippen LogP contribution in [-0.4, -0.2) is 48.6 Å². The summed E-state index contributed by atoms with van der Waals surface area (Å²) in [5.74, 6) is 0.792. The molecule has 1 aliphatic rings. The number of benzene rings is 1. The Balaban J connectivity index is 0.00000132. The van der Waals surface area contributed by atoms with Crippen LogP contribution in [0, 0.1) is 0 Å². The number of nitrogens with one attached hydrogen (secondary N) is 1. The highest BCUT2D eigenvalue weighted by Gasteiger charge is 2.24. The molecular formula is C16H21Cl2N3O2. The van der Waals surface area contributed by atoms with Gasteiger partial charge in [-0.05, 0) is 31.2 Å². The van der Waals surface area contributed by atoms with Crippen molar-refractivity contribution in [1.82, 2.24) is 15.2 Å². The number of amides is 1. The lowest BCUT2D eigenvalue weighted by atomic mass is 10.1. The molecule has 0 spiro atoms. The van der Waals surface area contributed by atoms with Crippen LogP contribution in [0.1, 0.15) is 17.4 Å². The van der Waals surface area contributed by atoms with Gasteiger partial charge in [-0.15, -0.1) is 24.8 Å². The third-order valence-corrected chi connectivity index (χ3v) is 3.88. The molecule has 1 saturated heterocycles. The van der Waals surface area contributed by atoms with Crippen molar-refractivity contribution in [1.29, 1.82) is 0 Å². The summed E-state index contributed by atoms with van der Waals surface area (Å²) < 4.78 is 5.20. The van der Waals surface area contributed by atoms with Crippen LogP contribution < -0.4 is 10.1 Å². The number of carbonyl (C=O) groups is 1. The van der Waals surface area contributed by atoms with Crippen molar-refractivity contribution in [3.8, 4) is 5.75 Å². The first-order valence-corrected chi connectivity index (χ1v) is 7.15. The number of fused-ring (bicyclic) bond motifs is 1. The fourth-order valence-electron chi connectivity index (χ4n) is 2.64. The van der Waals surface area contributed by atoms with Crippen LogP contribution >= 0.6 is 24.8 Å². The third kappa shape index (κ3) is 4.05. The number of nitrogens with zero attached hydrogens (tertiary/aromatic N) is 2. The predicted octanol–water partition coefficient (Wildman–Crippen LogP) is 2.52. The van der Waals surface area contributed by atoms with Gasteiger partial charge in [-0.3, -0.25) is 4.79 Å². The summed E-state index contributed by atoms with van der Waals surface area (Å²) in [6.45, 7) is 4.44. The standard InChI is InChI=1S/C16H19N3O2.2ClH/c1-11-10-17-7-8-19(11)16(20)15-5-3-12-9-13(21-2)4-6-14(12)18-15;;/h3-6,9,11,17H,7-8,10H2,1-2H3;2*1H/t11-;;/m1../s1. The highest BCUT2D eigenvalue weighted by atomic mass is 35.5. The van der Waals surface area contributed by atoms with E-state index in [2.05, 4.69) is 17.2 Å². The lowest BCUT2D eigenvalue weighted by Crippen LogP contribution is -2.52. The number of piperazine rings is 1. The third-order valence-electron chi connectivity index (χ3n) is 3.88. The predicted molar refractivity (Wildman–Crippen MR) is 96.2 cm³/mol. The molecule has 2 heterocycles. The maximum absolute atomic E-state index is 12.6. The van der Waals surface area contributed by atoms with E-state index in [0.717, 1.165) is 36.3 Å². The molecule has 23 heavy (non-hydrogen) atoms. The molecule has 0 radical (unpaired) electrons. The Bertz CT molecular complexity index is 681. The molecule has 1 atom stereocenters. The number of rotatable bonds is 2. The van der Waals surface area contributed by atoms with Gasteiger partial charge in [0.25, 0.3) is 5.91 Å². The van der Waals surface area contributed by atoms with Crippen LogP contribution in [-0.2, 0) is 0 Å². The molecule has 1 amide bonds. The maximum atomic E-state index is 12.6. The quantitative estimate of drug-likeness (QED) is 0.897. The summed E-state index contributed by atoms with van der Waals surface area (Å²) in [5.41, 5.74) is 1.31. The van der Waals surface area contributed by atoms with Crippen molar-refractivity contribution in [2.24, 2.45) is 0 Å². The summed E-state index contributed by atoms with van der Waals surface area (Å²) in [7, 11) is 1.64. The molecule has 0 saturated carbocycles. The highest BCUT2D eigenvalue weighted by Crippen LogP contribution is 2.20. The Morgan fingerprint density at radius 2 is 2.09 bits per heavy atom. The second kappa shape index (κ2) is 8.34. The first-order valence-electron chi connectivity index (χ1n) is 7.15. The lowest BCUT2D eigenvalue weighted by Gasteiger charge is -2.33. The second-order valence-electron chi connectivity index (χ2n) is 5.31. The van der Waals surface area contributed by atoms with Gasteiger partial charge in [0.1, 0.15) is 11.4 Å². The number of hydrogen-bond donors (Lipinski definition) is 1. The molecule has 1 fully saturated rings. The van der Waals surface area contributed by atoms with Gasteiger partial charge >= 0.3 is 0 Å². The zero-order valence-electron chi connectivity index (χ0n) is 13.1. The topological polar surface area (TPSA) is 54.5 Å². The van der Waals surface area contributed by atoms with Crippen molar-refractivity contribution in [2.75, 3.05) is 26.7 Å². The van der Waals surface area contributed by atoms with E-state index in [-0.39, 0.29) is 36.8 Å². The van der Waals surface area contributed by atoms with Gasteiger partial charge in [0.2, 0.25) is 0 Å². The summed E-state index contributed by atoms with van der Waals surface area (Å²) in [5, 5.41) is 4.26. The van der Waals surface area contributed by atoms with E-state index in [1.165, 1.54) is 0 Å². The van der Waals surface area contributed by atoms with E-state index in [0.29, 0.717) is 5.69 Å². The average molecular weight is 358 g/mol. The Morgan fingerprint density at radius 3 is 2.78 bits per heavy atom. The molecule has 5 nitrogen and oxygen atoms in total. The van der Waals surface area contributed by atoms with Crippen molar-refractivity contribution in [3.63, 3.8) is 0 Å². The Hall–Kier alpha value is -1.56. The Morgan fingerprint density at radius 1 is 1.30 bits per heavy atom. The number of hydrogen-bond acceptors (Lipinski definition) is 4. The summed E-state index contributed by atoms with van der Waals surface area (Å²) >= 11 is 0. The van der Waals surface area contributed by atoms with Crippen LogP contribution in [0.15, 0.2) is 30.3 Å². The zero-order chi connectivity index (χ0) is 14.8. The average Bonchev–Trinajstić information content (AvgIpc) is 2.53. The van der Waals surface area contributed by atoms with Gasteiger partial charge in [-0.1, -0.05) is 6.07 Å². The SMILES string of the molecule is COc1ccc2nc(C(=O)N3CCNC[C@H]3C)ccc2c1.Cl.Cl. The van der Waals surface area contributed by atoms with Gasteiger partial charge in [0.15, 0.2) is 0 Å². The Kier molecular flexibility index (Phi) is 7.06. The summed E-state index contributed by atoms with van der Waals surface area (Å²) in [6, 6.07) is 9.57. The minimum atomic E-state index is 0. The molecule has 3 rings (SSSR count). The molecule has 1 aliphatic heterocycles. The van der Waals surface area contributed by atoms with Crippen LogP contribution in [0.3, 0.4) is 0 Å². The smallest absolute Gasteiger partial charge is 0.272 e. The van der Waals surface area contributed by atoms with E-state index in [4.69, 9.17) is 4.74 Å². The number of carbonyl (C=O) groups excluding carboxylic acids is 1. The molecule has 7 heteroatoms. The van der Waals surface area contributed by atoms with Crippen LogP contribution in [0.25, 0.3) is 10.9 Å². The normalized spacial score (nSPS) is 17.1. The fraction of sp³-hybridized carbons (Fsp3) is 0.375. The van der Waals surface area contributed by atoms with Crippen molar-refractivity contribution in [2.45, 2.75) is 13.0 Å². The van der Waals surface area contributed by atoms with E-state index >= 15 is 0 Å². The number of aromatic nitrogens is 1. The van der Waals surface area contributed by atoms with Crippen molar-refractivity contribution >= 4 is 41.6 Å². The van der Waals surface area contributed by atoms with Gasteiger partial charge in [0.05, 0.1) is 12.6 Å². The monoisotopic (exact) mass is 357 g/mol. The van der Waals surface area contributed by atoms with Gasteiger partial charge in [-0.2, -0.15) is 0 Å². The highest BCUT2D eigenvalue weighted by molar-refractivity contribution is 5.95. The van der Waals surface area contributed by atoms with Gasteiger partial charge in [0, 0.05) is 31.1 Å². The van der Waals surface area contributed by atoms with E-state index < -0.39 is 0 Å². The molecular weight excluding hydrogens is 337 g/mol. The molecule has 2 aromatic rings. The fourth-order valence-corrected chi connectivity index (χ4v) is 2.64. The molecule has 0 aliphatic carbocycles. The zero-order valence-corrected chi connectivity index (χ0v) is 14.7. The lowest BCUT2D eigenvalue weighted by molar-refractivity contribution is 0.0650.